The van der Waals surface area contributed by atoms with E-state index in [1.54, 1.807) is 0 Å². The van der Waals surface area contributed by atoms with E-state index in [1.807, 2.05) is 0 Å². The van der Waals surface area contributed by atoms with E-state index in [4.69, 9.17) is 24.8 Å². The summed E-state index contributed by atoms with van der Waals surface area (Å²) in [7, 11) is -4.72. The minimum absolute atomic E-state index is 0.141. The van der Waals surface area contributed by atoms with Gasteiger partial charge in [-0.1, -0.05) is 126 Å². The molecule has 0 amide bonds. The van der Waals surface area contributed by atoms with Crippen LogP contribution in [0, 0.1) is 0 Å². The van der Waals surface area contributed by atoms with E-state index in [0.717, 1.165) is 77.0 Å². The summed E-state index contributed by atoms with van der Waals surface area (Å²) in [6.45, 7) is 2.69. The van der Waals surface area contributed by atoms with Crippen molar-refractivity contribution in [1.29, 1.82) is 0 Å². The van der Waals surface area contributed by atoms with Gasteiger partial charge in [-0.25, -0.2) is 4.57 Å². The van der Waals surface area contributed by atoms with Crippen LogP contribution < -0.4 is 5.73 Å². The van der Waals surface area contributed by atoms with Crippen LogP contribution in [0.15, 0.2) is 60.8 Å². The molecule has 0 aromatic carbocycles. The first-order valence-corrected chi connectivity index (χ1v) is 22.3. The molecule has 4 N–H and O–H groups in total. The van der Waals surface area contributed by atoms with Crippen molar-refractivity contribution in [2.45, 2.75) is 174 Å². The Morgan fingerprint density at radius 1 is 0.564 bits per heavy atom. The zero-order chi connectivity index (χ0) is 40.7. The summed E-state index contributed by atoms with van der Waals surface area (Å²) in [5, 5.41) is 8.87. The highest BCUT2D eigenvalue weighted by Crippen LogP contribution is 2.43. The van der Waals surface area contributed by atoms with Crippen LogP contribution >= 0.6 is 7.82 Å². The zero-order valence-electron chi connectivity index (χ0n) is 34.0. The van der Waals surface area contributed by atoms with E-state index in [1.165, 1.54) is 44.9 Å². The van der Waals surface area contributed by atoms with E-state index >= 15 is 0 Å². The van der Waals surface area contributed by atoms with Gasteiger partial charge in [0.25, 0.3) is 0 Å². The van der Waals surface area contributed by atoms with Gasteiger partial charge in [0.2, 0.25) is 0 Å². The average molecular weight is 796 g/mol. The fourth-order valence-electron chi connectivity index (χ4n) is 5.16. The first-order chi connectivity index (χ1) is 26.6. The summed E-state index contributed by atoms with van der Waals surface area (Å²) in [5.41, 5.74) is 5.32. The number of phosphoric ester groups is 1. The van der Waals surface area contributed by atoms with Crippen LogP contribution in [-0.2, 0) is 37.5 Å². The molecule has 0 heterocycles. The Hall–Kier alpha value is -2.82. The van der Waals surface area contributed by atoms with Crippen molar-refractivity contribution in [2.24, 2.45) is 5.73 Å². The molecule has 0 aromatic rings. The number of carboxylic acid groups (broad SMARTS) is 1. The smallest absolute Gasteiger partial charge is 0.472 e. The molecule has 11 nitrogen and oxygen atoms in total. The average Bonchev–Trinajstić information content (AvgIpc) is 3.16. The highest BCUT2D eigenvalue weighted by molar-refractivity contribution is 7.47. The topological polar surface area (TPSA) is 172 Å². The fraction of sp³-hybridized carbons (Fsp3) is 0.698. The van der Waals surface area contributed by atoms with E-state index in [0.29, 0.717) is 12.8 Å². The molecule has 1 unspecified atom stereocenters. The predicted molar refractivity (Wildman–Crippen MR) is 221 cm³/mol. The second kappa shape index (κ2) is 38.1. The molecule has 12 heteroatoms. The van der Waals surface area contributed by atoms with Crippen LogP contribution in [0.4, 0.5) is 0 Å². The Morgan fingerprint density at radius 3 is 1.47 bits per heavy atom. The number of carboxylic acids is 1. The molecule has 0 radical (unpaired) electrons. The third-order valence-corrected chi connectivity index (χ3v) is 9.44. The Labute approximate surface area is 332 Å². The minimum atomic E-state index is -4.72. The molecule has 0 aliphatic rings. The Bertz CT molecular complexity index is 1170. The van der Waals surface area contributed by atoms with Crippen molar-refractivity contribution in [1.82, 2.24) is 0 Å². The third kappa shape index (κ3) is 37.9. The maximum Gasteiger partial charge on any atom is 0.472 e. The van der Waals surface area contributed by atoms with Gasteiger partial charge in [-0.2, -0.15) is 0 Å². The number of carbonyl (C=O) groups excluding carboxylic acids is 2. The van der Waals surface area contributed by atoms with Gasteiger partial charge >= 0.3 is 25.7 Å². The first-order valence-electron chi connectivity index (χ1n) is 20.8. The summed E-state index contributed by atoms with van der Waals surface area (Å²) in [6, 6.07) is -1.53. The molecule has 316 valence electrons. The third-order valence-electron chi connectivity index (χ3n) is 8.49. The van der Waals surface area contributed by atoms with Gasteiger partial charge in [-0.15, -0.1) is 0 Å². The van der Waals surface area contributed by atoms with Gasteiger partial charge in [0.15, 0.2) is 6.10 Å². The fourth-order valence-corrected chi connectivity index (χ4v) is 5.94. The van der Waals surface area contributed by atoms with Gasteiger partial charge < -0.3 is 25.2 Å². The number of nitrogens with two attached hydrogens (primary N) is 1. The van der Waals surface area contributed by atoms with Crippen molar-refractivity contribution >= 4 is 25.7 Å². The van der Waals surface area contributed by atoms with Crippen LogP contribution in [0.3, 0.4) is 0 Å². The Balaban J connectivity index is 4.45. The lowest BCUT2D eigenvalue weighted by atomic mass is 10.1. The molecule has 0 aromatic heterocycles. The summed E-state index contributed by atoms with van der Waals surface area (Å²) < 4.78 is 32.6. The number of rotatable bonds is 38. The summed E-state index contributed by atoms with van der Waals surface area (Å²) >= 11 is 0. The van der Waals surface area contributed by atoms with Crippen LogP contribution in [0.1, 0.15) is 162 Å². The molecule has 3 atom stereocenters. The molecule has 0 saturated carbocycles. The predicted octanol–water partition coefficient (Wildman–Crippen LogP) is 10.8. The van der Waals surface area contributed by atoms with Gasteiger partial charge in [0.05, 0.1) is 13.2 Å². The summed E-state index contributed by atoms with van der Waals surface area (Å²) in [5.74, 6) is -2.44. The number of esters is 2. The largest absolute Gasteiger partial charge is 0.480 e. The molecule has 55 heavy (non-hydrogen) atoms. The molecule has 0 rings (SSSR count). The SMILES string of the molecule is CCCCC/C=C/C/C=C/C/C=C/C/C=C/CCCCCC(=O)OC[C@@H](COP(=O)(O)OC[C@@H](N)C(=O)O)OC(=O)CCCCCCC/C=C/CCCCC. The number of hydrogen-bond acceptors (Lipinski definition) is 9. The number of allylic oxidation sites excluding steroid dienone is 10. The number of ether oxygens (including phenoxy) is 2. The van der Waals surface area contributed by atoms with E-state index < -0.39 is 51.1 Å². The zero-order valence-corrected chi connectivity index (χ0v) is 34.9. The van der Waals surface area contributed by atoms with Gasteiger partial charge in [-0.3, -0.25) is 23.4 Å². The Kier molecular flexibility index (Phi) is 36.1. The molecule has 0 saturated heterocycles. The summed E-state index contributed by atoms with van der Waals surface area (Å²) in [4.78, 5) is 45.8. The van der Waals surface area contributed by atoms with Crippen molar-refractivity contribution in [3.05, 3.63) is 60.8 Å². The second-order valence-corrected chi connectivity index (χ2v) is 15.2. The number of unbranched alkanes of at least 4 members (excludes halogenated alkanes) is 14. The number of carbonyl (C=O) groups is 3. The molecule has 0 spiro atoms. The second-order valence-electron chi connectivity index (χ2n) is 13.8. The van der Waals surface area contributed by atoms with Gasteiger partial charge in [0, 0.05) is 12.8 Å². The highest BCUT2D eigenvalue weighted by Gasteiger charge is 2.28. The number of hydrogen-bond donors (Lipinski definition) is 3. The molecular formula is C43H74NO10P. The van der Waals surface area contributed by atoms with Crippen molar-refractivity contribution < 1.29 is 47.5 Å². The number of phosphoric acid groups is 1. The van der Waals surface area contributed by atoms with E-state index in [9.17, 15) is 23.8 Å². The van der Waals surface area contributed by atoms with Crippen LogP contribution in [0.25, 0.3) is 0 Å². The molecule has 0 bridgehead atoms. The normalized spacial score (nSPS) is 14.4. The van der Waals surface area contributed by atoms with Gasteiger partial charge in [-0.05, 0) is 83.5 Å². The Morgan fingerprint density at radius 2 is 0.964 bits per heavy atom. The molecule has 0 fully saturated rings. The summed E-state index contributed by atoms with van der Waals surface area (Å²) in [6.07, 6.45) is 42.9. The van der Waals surface area contributed by atoms with E-state index in [2.05, 4.69) is 79.1 Å². The number of aliphatic carboxylic acids is 1. The first kappa shape index (κ1) is 52.2. The maximum atomic E-state index is 12.6. The van der Waals surface area contributed by atoms with Gasteiger partial charge in [0.1, 0.15) is 12.6 Å². The van der Waals surface area contributed by atoms with Crippen molar-refractivity contribution in [2.75, 3.05) is 19.8 Å². The maximum absolute atomic E-state index is 12.6. The lowest BCUT2D eigenvalue weighted by Gasteiger charge is -2.20. The van der Waals surface area contributed by atoms with Crippen molar-refractivity contribution in [3.8, 4) is 0 Å². The highest BCUT2D eigenvalue weighted by atomic mass is 31.2. The quantitative estimate of drug-likeness (QED) is 0.0235. The molecule has 0 aliphatic carbocycles. The van der Waals surface area contributed by atoms with E-state index in [-0.39, 0.29) is 19.4 Å². The molecule has 0 aliphatic heterocycles. The molecular weight excluding hydrogens is 721 g/mol. The van der Waals surface area contributed by atoms with Crippen LogP contribution in [-0.4, -0.2) is 59.9 Å². The standard InChI is InChI=1S/C43H74NO10P/c1-3-5-7-9-11-13-15-17-18-19-20-21-22-23-25-26-28-30-32-34-41(45)51-36-39(37-52-55(49,50)53-38-40(44)43(47)48)54-42(46)35-33-31-29-27-24-16-14-12-10-8-6-4-2/h11-14,17-18,20-21,23,25,39-40H,3-10,15-16,19,22,24,26-38,44H2,1-2H3,(H,47,48)(H,49,50)/b13-11+,14-12+,18-17+,21-20+,25-23+/t39-,40+/m0/s1. The van der Waals surface area contributed by atoms with Crippen LogP contribution in [0.2, 0.25) is 0 Å². The lowest BCUT2D eigenvalue weighted by Crippen LogP contribution is -2.34. The minimum Gasteiger partial charge on any atom is -0.480 e. The van der Waals surface area contributed by atoms with Crippen molar-refractivity contribution in [3.63, 3.8) is 0 Å². The van der Waals surface area contributed by atoms with Crippen LogP contribution in [0.5, 0.6) is 0 Å². The lowest BCUT2D eigenvalue weighted by molar-refractivity contribution is -0.161. The monoisotopic (exact) mass is 796 g/mol.